The number of carbonyl (C=O) groups is 2. The number of rotatable bonds is 2. The normalized spacial score (nSPS) is 32.2. The summed E-state index contributed by atoms with van der Waals surface area (Å²) >= 11 is 0. The second-order valence-electron chi connectivity index (χ2n) is 5.10. The molecule has 1 fully saturated rings. The molecule has 0 amide bonds. The van der Waals surface area contributed by atoms with Crippen LogP contribution in [-0.4, -0.2) is 43.1 Å². The van der Waals surface area contributed by atoms with Crippen molar-refractivity contribution in [2.45, 2.75) is 51.3 Å². The molecular formula is C13H18O6. The molecule has 0 saturated carbocycles. The van der Waals surface area contributed by atoms with Crippen molar-refractivity contribution in [2.24, 2.45) is 0 Å². The van der Waals surface area contributed by atoms with Crippen LogP contribution in [0.4, 0.5) is 0 Å². The van der Waals surface area contributed by atoms with Gasteiger partial charge in [0.2, 0.25) is 0 Å². The first-order valence-electron chi connectivity index (χ1n) is 6.14. The van der Waals surface area contributed by atoms with E-state index in [1.807, 2.05) is 0 Å². The van der Waals surface area contributed by atoms with E-state index in [-0.39, 0.29) is 6.42 Å². The van der Waals surface area contributed by atoms with Gasteiger partial charge in [-0.2, -0.15) is 0 Å². The van der Waals surface area contributed by atoms with E-state index in [1.54, 1.807) is 19.9 Å². The van der Waals surface area contributed by atoms with Crippen molar-refractivity contribution in [1.29, 1.82) is 0 Å². The quantitative estimate of drug-likeness (QED) is 0.695. The van der Waals surface area contributed by atoms with Gasteiger partial charge in [0.15, 0.2) is 5.79 Å². The van der Waals surface area contributed by atoms with Crippen molar-refractivity contribution in [2.75, 3.05) is 7.11 Å². The number of hydrogen-bond donors (Lipinski definition) is 0. The fourth-order valence-electron chi connectivity index (χ4n) is 2.44. The summed E-state index contributed by atoms with van der Waals surface area (Å²) in [5, 5.41) is 0. The van der Waals surface area contributed by atoms with Crippen LogP contribution in [0.3, 0.4) is 0 Å². The standard InChI is InChI=1S/C13H18O6/c1-7(14)17-9-5-8(12(15)16-4)6-10-11(9)19-13(2,3)18-10/h6,9-11H,5H2,1-4H3/t9-,10-,11+/m0/s1. The van der Waals surface area contributed by atoms with Crippen molar-refractivity contribution < 1.29 is 28.5 Å². The van der Waals surface area contributed by atoms with Gasteiger partial charge in [0.1, 0.15) is 18.3 Å². The van der Waals surface area contributed by atoms with E-state index in [1.165, 1.54) is 14.0 Å². The molecule has 106 valence electrons. The van der Waals surface area contributed by atoms with E-state index in [0.717, 1.165) is 0 Å². The van der Waals surface area contributed by atoms with Crippen LogP contribution in [0.1, 0.15) is 27.2 Å². The maximum Gasteiger partial charge on any atom is 0.333 e. The summed E-state index contributed by atoms with van der Waals surface area (Å²) in [5.74, 6) is -1.62. The van der Waals surface area contributed by atoms with Gasteiger partial charge >= 0.3 is 11.9 Å². The van der Waals surface area contributed by atoms with Crippen LogP contribution >= 0.6 is 0 Å². The Kier molecular flexibility index (Phi) is 3.64. The van der Waals surface area contributed by atoms with Gasteiger partial charge in [-0.3, -0.25) is 4.79 Å². The third-order valence-corrected chi connectivity index (χ3v) is 3.08. The van der Waals surface area contributed by atoms with Gasteiger partial charge in [-0.15, -0.1) is 0 Å². The highest BCUT2D eigenvalue weighted by atomic mass is 16.8. The predicted octanol–water partition coefficient (Wildman–Crippen LogP) is 0.941. The average Bonchev–Trinajstić information content (AvgIpc) is 2.61. The molecule has 1 aliphatic heterocycles. The van der Waals surface area contributed by atoms with Crippen LogP contribution in [0.15, 0.2) is 11.6 Å². The maximum absolute atomic E-state index is 11.6. The fourth-order valence-corrected chi connectivity index (χ4v) is 2.44. The van der Waals surface area contributed by atoms with Crippen molar-refractivity contribution in [3.63, 3.8) is 0 Å². The van der Waals surface area contributed by atoms with Gasteiger partial charge in [0.05, 0.1) is 7.11 Å². The first kappa shape index (κ1) is 14.0. The fraction of sp³-hybridized carbons (Fsp3) is 0.692. The lowest BCUT2D eigenvalue weighted by atomic mass is 9.92. The van der Waals surface area contributed by atoms with E-state index in [0.29, 0.717) is 5.57 Å². The van der Waals surface area contributed by atoms with Gasteiger partial charge in [-0.05, 0) is 19.9 Å². The summed E-state index contributed by atoms with van der Waals surface area (Å²) in [6, 6.07) is 0. The number of fused-ring (bicyclic) bond motifs is 1. The van der Waals surface area contributed by atoms with Crippen LogP contribution in [0, 0.1) is 0 Å². The maximum atomic E-state index is 11.6. The van der Waals surface area contributed by atoms with Crippen LogP contribution < -0.4 is 0 Å². The van der Waals surface area contributed by atoms with Crippen LogP contribution in [0.2, 0.25) is 0 Å². The zero-order chi connectivity index (χ0) is 14.2. The molecule has 0 aromatic rings. The molecule has 2 aliphatic rings. The number of hydrogen-bond acceptors (Lipinski definition) is 6. The summed E-state index contributed by atoms with van der Waals surface area (Å²) < 4.78 is 21.4. The SMILES string of the molecule is COC(=O)C1=C[C@@H]2OC(C)(C)O[C@@H]2[C@@H](OC(C)=O)C1. The highest BCUT2D eigenvalue weighted by Gasteiger charge is 2.48. The van der Waals surface area contributed by atoms with Gasteiger partial charge in [-0.1, -0.05) is 0 Å². The molecule has 0 unspecified atom stereocenters. The van der Waals surface area contributed by atoms with E-state index >= 15 is 0 Å². The molecule has 1 saturated heterocycles. The molecule has 19 heavy (non-hydrogen) atoms. The van der Waals surface area contributed by atoms with Crippen molar-refractivity contribution in [1.82, 2.24) is 0 Å². The Hall–Kier alpha value is -1.40. The highest BCUT2D eigenvalue weighted by molar-refractivity contribution is 5.89. The van der Waals surface area contributed by atoms with E-state index in [9.17, 15) is 9.59 Å². The lowest BCUT2D eigenvalue weighted by Gasteiger charge is -2.29. The molecule has 1 aliphatic carbocycles. The van der Waals surface area contributed by atoms with E-state index in [2.05, 4.69) is 0 Å². The Labute approximate surface area is 111 Å². The van der Waals surface area contributed by atoms with Gasteiger partial charge in [-0.25, -0.2) is 4.79 Å². The Morgan fingerprint density at radius 3 is 2.63 bits per heavy atom. The summed E-state index contributed by atoms with van der Waals surface area (Å²) in [6.07, 6.45) is 0.607. The highest BCUT2D eigenvalue weighted by Crippen LogP contribution is 2.37. The molecule has 3 atom stereocenters. The third kappa shape index (κ3) is 2.96. The molecule has 0 aromatic carbocycles. The minimum absolute atomic E-state index is 0.271. The Morgan fingerprint density at radius 2 is 2.05 bits per heavy atom. The van der Waals surface area contributed by atoms with E-state index in [4.69, 9.17) is 18.9 Å². The van der Waals surface area contributed by atoms with Gasteiger partial charge in [0, 0.05) is 18.9 Å². The van der Waals surface area contributed by atoms with Crippen molar-refractivity contribution in [3.8, 4) is 0 Å². The smallest absolute Gasteiger partial charge is 0.333 e. The van der Waals surface area contributed by atoms with Crippen molar-refractivity contribution >= 4 is 11.9 Å². The number of esters is 2. The topological polar surface area (TPSA) is 71.1 Å². The number of methoxy groups -OCH3 is 1. The number of ether oxygens (including phenoxy) is 4. The minimum atomic E-state index is -0.768. The second kappa shape index (κ2) is 4.94. The molecule has 0 N–H and O–H groups in total. The summed E-state index contributed by atoms with van der Waals surface area (Å²) in [6.45, 7) is 4.88. The summed E-state index contributed by atoms with van der Waals surface area (Å²) in [7, 11) is 1.31. The van der Waals surface area contributed by atoms with Crippen molar-refractivity contribution in [3.05, 3.63) is 11.6 Å². The summed E-state index contributed by atoms with van der Waals surface area (Å²) in [5.41, 5.74) is 0.441. The van der Waals surface area contributed by atoms with Gasteiger partial charge < -0.3 is 18.9 Å². The van der Waals surface area contributed by atoms with Gasteiger partial charge in [0.25, 0.3) is 0 Å². The van der Waals surface area contributed by atoms with Crippen LogP contribution in [-0.2, 0) is 28.5 Å². The molecule has 6 nitrogen and oxygen atoms in total. The Bertz CT molecular complexity index is 425. The molecule has 2 rings (SSSR count). The third-order valence-electron chi connectivity index (χ3n) is 3.08. The molecule has 0 radical (unpaired) electrons. The molecular weight excluding hydrogens is 252 g/mol. The summed E-state index contributed by atoms with van der Waals surface area (Å²) in [4.78, 5) is 22.8. The molecule has 6 heteroatoms. The zero-order valence-electron chi connectivity index (χ0n) is 11.5. The predicted molar refractivity (Wildman–Crippen MR) is 64.1 cm³/mol. The lowest BCUT2D eigenvalue weighted by Crippen LogP contribution is -2.42. The molecule has 0 aromatic heterocycles. The van der Waals surface area contributed by atoms with Crippen LogP contribution in [0.25, 0.3) is 0 Å². The largest absolute Gasteiger partial charge is 0.466 e. The minimum Gasteiger partial charge on any atom is -0.466 e. The molecule has 0 bridgehead atoms. The zero-order valence-corrected chi connectivity index (χ0v) is 11.5. The second-order valence-corrected chi connectivity index (χ2v) is 5.10. The monoisotopic (exact) mass is 270 g/mol. The Balaban J connectivity index is 2.24. The molecule has 0 spiro atoms. The number of carbonyl (C=O) groups excluding carboxylic acids is 2. The lowest BCUT2D eigenvalue weighted by molar-refractivity contribution is -0.169. The first-order chi connectivity index (χ1) is 8.82. The Morgan fingerprint density at radius 1 is 1.37 bits per heavy atom. The van der Waals surface area contributed by atoms with E-state index < -0.39 is 36.0 Å². The molecule has 1 heterocycles. The first-order valence-corrected chi connectivity index (χ1v) is 6.14. The van der Waals surface area contributed by atoms with Crippen LogP contribution in [0.5, 0.6) is 0 Å². The average molecular weight is 270 g/mol.